The van der Waals surface area contributed by atoms with Crippen molar-refractivity contribution in [2.24, 2.45) is 5.92 Å². The first-order chi connectivity index (χ1) is 7.68. The van der Waals surface area contributed by atoms with Crippen LogP contribution in [-0.2, 0) is 19.2 Å². The summed E-state index contributed by atoms with van der Waals surface area (Å²) < 4.78 is 0. The van der Waals surface area contributed by atoms with E-state index in [0.717, 1.165) is 32.1 Å². The van der Waals surface area contributed by atoms with Gasteiger partial charge in [-0.2, -0.15) is 0 Å². The van der Waals surface area contributed by atoms with E-state index in [1.807, 2.05) is 0 Å². The van der Waals surface area contributed by atoms with Crippen LogP contribution in [0.15, 0.2) is 0 Å². The lowest BCUT2D eigenvalue weighted by atomic mass is 9.89. The Morgan fingerprint density at radius 2 is 1.62 bits per heavy atom. The Morgan fingerprint density at radius 1 is 1.06 bits per heavy atom. The van der Waals surface area contributed by atoms with Crippen LogP contribution in [0.1, 0.15) is 44.9 Å². The van der Waals surface area contributed by atoms with Crippen molar-refractivity contribution in [3.05, 3.63) is 0 Å². The van der Waals surface area contributed by atoms with Crippen LogP contribution in [0.2, 0.25) is 0 Å². The molecule has 0 bridgehead atoms. The smallest absolute Gasteiger partial charge is 0.330 e. The molecule has 1 saturated heterocycles. The molecule has 0 aromatic heterocycles. The van der Waals surface area contributed by atoms with Crippen molar-refractivity contribution in [2.45, 2.75) is 44.9 Å². The van der Waals surface area contributed by atoms with Crippen LogP contribution in [0, 0.1) is 5.92 Å². The lowest BCUT2D eigenvalue weighted by Gasteiger charge is -2.21. The second kappa shape index (κ2) is 4.63. The Labute approximate surface area is 93.7 Å². The summed E-state index contributed by atoms with van der Waals surface area (Å²) in [5.41, 5.74) is 0. The van der Waals surface area contributed by atoms with Crippen molar-refractivity contribution in [3.8, 4) is 0 Å². The molecule has 0 aromatic rings. The molecule has 0 aromatic carbocycles. The first kappa shape index (κ1) is 11.1. The minimum atomic E-state index is -0.427. The van der Waals surface area contributed by atoms with Crippen molar-refractivity contribution < 1.29 is 19.2 Å². The number of hydroxylamine groups is 2. The van der Waals surface area contributed by atoms with Gasteiger partial charge in [-0.15, -0.1) is 5.06 Å². The van der Waals surface area contributed by atoms with E-state index in [1.165, 1.54) is 0 Å². The zero-order valence-electron chi connectivity index (χ0n) is 9.11. The quantitative estimate of drug-likeness (QED) is 0.662. The normalized spacial score (nSPS) is 22.6. The predicted octanol–water partition coefficient (Wildman–Crippen LogP) is 1.17. The third-order valence-corrected chi connectivity index (χ3v) is 3.13. The summed E-state index contributed by atoms with van der Waals surface area (Å²) in [4.78, 5) is 39.0. The summed E-state index contributed by atoms with van der Waals surface area (Å²) >= 11 is 0. The van der Waals surface area contributed by atoms with Gasteiger partial charge in [-0.3, -0.25) is 9.59 Å². The summed E-state index contributed by atoms with van der Waals surface area (Å²) in [6, 6.07) is 0. The van der Waals surface area contributed by atoms with Gasteiger partial charge in [-0.05, 0) is 12.8 Å². The van der Waals surface area contributed by atoms with Gasteiger partial charge < -0.3 is 4.84 Å². The van der Waals surface area contributed by atoms with Crippen LogP contribution in [0.4, 0.5) is 0 Å². The Balaban J connectivity index is 1.90. The summed E-state index contributed by atoms with van der Waals surface area (Å²) in [5, 5.41) is 0.636. The highest BCUT2D eigenvalue weighted by molar-refractivity contribution is 6.01. The van der Waals surface area contributed by atoms with Crippen molar-refractivity contribution in [2.75, 3.05) is 0 Å². The van der Waals surface area contributed by atoms with Gasteiger partial charge >= 0.3 is 5.97 Å². The number of nitrogens with zero attached hydrogens (tertiary/aromatic N) is 1. The number of rotatable bonds is 2. The highest BCUT2D eigenvalue weighted by atomic mass is 16.7. The number of carbonyl (C=O) groups is 3. The number of hydrogen-bond acceptors (Lipinski definition) is 4. The van der Waals surface area contributed by atoms with Crippen molar-refractivity contribution in [1.82, 2.24) is 5.06 Å². The van der Waals surface area contributed by atoms with E-state index in [1.54, 1.807) is 0 Å². The zero-order chi connectivity index (χ0) is 11.5. The number of amides is 2. The lowest BCUT2D eigenvalue weighted by Crippen LogP contribution is -2.35. The van der Waals surface area contributed by atoms with E-state index >= 15 is 0 Å². The minimum absolute atomic E-state index is 0.144. The van der Waals surface area contributed by atoms with Crippen LogP contribution >= 0.6 is 0 Å². The maximum Gasteiger partial charge on any atom is 0.336 e. The fraction of sp³-hybridized carbons (Fsp3) is 0.727. The van der Waals surface area contributed by atoms with E-state index in [4.69, 9.17) is 4.84 Å². The molecule has 5 nitrogen and oxygen atoms in total. The molecule has 0 unspecified atom stereocenters. The first-order valence-corrected chi connectivity index (χ1v) is 5.76. The van der Waals surface area contributed by atoms with Crippen molar-refractivity contribution >= 4 is 17.8 Å². The van der Waals surface area contributed by atoms with Gasteiger partial charge in [0.05, 0.1) is 5.92 Å². The summed E-state index contributed by atoms with van der Waals surface area (Å²) in [5.74, 6) is -1.39. The molecule has 5 heteroatoms. The van der Waals surface area contributed by atoms with Gasteiger partial charge in [0.25, 0.3) is 11.8 Å². The number of hydrogen-bond donors (Lipinski definition) is 0. The number of imide groups is 1. The second-order valence-electron chi connectivity index (χ2n) is 4.33. The maximum absolute atomic E-state index is 11.7. The van der Waals surface area contributed by atoms with Gasteiger partial charge in [0, 0.05) is 12.8 Å². The summed E-state index contributed by atoms with van der Waals surface area (Å²) in [7, 11) is 0. The molecule has 0 spiro atoms. The Kier molecular flexibility index (Phi) is 3.22. The fourth-order valence-electron chi connectivity index (χ4n) is 2.16. The molecule has 0 radical (unpaired) electrons. The van der Waals surface area contributed by atoms with E-state index in [0.29, 0.717) is 5.06 Å². The molecule has 2 amide bonds. The Bertz CT molecular complexity index is 304. The van der Waals surface area contributed by atoms with E-state index < -0.39 is 17.8 Å². The third kappa shape index (κ3) is 2.23. The van der Waals surface area contributed by atoms with Gasteiger partial charge in [0.1, 0.15) is 0 Å². The first-order valence-electron chi connectivity index (χ1n) is 5.76. The molecule has 16 heavy (non-hydrogen) atoms. The minimum Gasteiger partial charge on any atom is -0.330 e. The average Bonchev–Trinajstić information content (AvgIpc) is 2.62. The molecule has 1 aliphatic heterocycles. The van der Waals surface area contributed by atoms with Crippen LogP contribution in [0.5, 0.6) is 0 Å². The number of carbonyl (C=O) groups excluding carboxylic acids is 3. The van der Waals surface area contributed by atoms with Crippen molar-refractivity contribution in [1.29, 1.82) is 0 Å². The molecule has 1 saturated carbocycles. The van der Waals surface area contributed by atoms with E-state index in [9.17, 15) is 14.4 Å². The van der Waals surface area contributed by atoms with Gasteiger partial charge in [-0.1, -0.05) is 19.3 Å². The van der Waals surface area contributed by atoms with Gasteiger partial charge in [0.15, 0.2) is 0 Å². The molecule has 2 rings (SSSR count). The topological polar surface area (TPSA) is 63.7 Å². The van der Waals surface area contributed by atoms with Crippen molar-refractivity contribution in [3.63, 3.8) is 0 Å². The molecule has 0 atom stereocenters. The molecular weight excluding hydrogens is 210 g/mol. The monoisotopic (exact) mass is 225 g/mol. The van der Waals surface area contributed by atoms with Crippen LogP contribution in [0.25, 0.3) is 0 Å². The molecule has 0 N–H and O–H groups in total. The van der Waals surface area contributed by atoms with Gasteiger partial charge in [-0.25, -0.2) is 4.79 Å². The third-order valence-electron chi connectivity index (χ3n) is 3.13. The standard InChI is InChI=1S/C11H15NO4/c13-9-6-7-10(14)12(9)16-11(15)8-4-2-1-3-5-8/h8H,1-7H2. The highest BCUT2D eigenvalue weighted by Gasteiger charge is 2.35. The van der Waals surface area contributed by atoms with Crippen LogP contribution in [0.3, 0.4) is 0 Å². The zero-order valence-corrected chi connectivity index (χ0v) is 9.11. The van der Waals surface area contributed by atoms with E-state index in [-0.39, 0.29) is 18.8 Å². The highest BCUT2D eigenvalue weighted by Crippen LogP contribution is 2.25. The Hall–Kier alpha value is -1.39. The molecular formula is C11H15NO4. The van der Waals surface area contributed by atoms with Gasteiger partial charge in [0.2, 0.25) is 0 Å². The van der Waals surface area contributed by atoms with E-state index in [2.05, 4.69) is 0 Å². The second-order valence-corrected chi connectivity index (χ2v) is 4.33. The average molecular weight is 225 g/mol. The molecule has 1 heterocycles. The molecule has 1 aliphatic carbocycles. The van der Waals surface area contributed by atoms with Crippen LogP contribution in [-0.4, -0.2) is 22.8 Å². The molecule has 88 valence electrons. The lowest BCUT2D eigenvalue weighted by molar-refractivity contribution is -0.201. The predicted molar refractivity (Wildman–Crippen MR) is 53.8 cm³/mol. The fourth-order valence-corrected chi connectivity index (χ4v) is 2.16. The summed E-state index contributed by atoms with van der Waals surface area (Å²) in [6.07, 6.45) is 5.08. The summed E-state index contributed by atoms with van der Waals surface area (Å²) in [6.45, 7) is 0. The Morgan fingerprint density at radius 3 is 2.19 bits per heavy atom. The maximum atomic E-state index is 11.7. The SMILES string of the molecule is O=C(ON1C(=O)CCC1=O)C1CCCCC1. The van der Waals surface area contributed by atoms with Crippen LogP contribution < -0.4 is 0 Å². The molecule has 2 fully saturated rings. The largest absolute Gasteiger partial charge is 0.336 e. The molecule has 2 aliphatic rings.